The Morgan fingerprint density at radius 3 is 1.38 bits per heavy atom. The van der Waals surface area contributed by atoms with Crippen LogP contribution in [0.2, 0.25) is 0 Å². The summed E-state index contributed by atoms with van der Waals surface area (Å²) in [6.07, 6.45) is 2.80. The molecule has 4 atom stereocenters. The SMILES string of the molecule is CC.CC.CC(O)CCOC(=O)C1CCCCC1C(=O)OCCC(C)O. The van der Waals surface area contributed by atoms with Gasteiger partial charge in [-0.2, -0.15) is 0 Å². The van der Waals surface area contributed by atoms with Gasteiger partial charge in [0, 0.05) is 12.8 Å². The van der Waals surface area contributed by atoms with Crippen molar-refractivity contribution in [2.45, 2.75) is 92.3 Å². The van der Waals surface area contributed by atoms with Crippen molar-refractivity contribution < 1.29 is 29.3 Å². The van der Waals surface area contributed by atoms with E-state index in [0.717, 1.165) is 12.8 Å². The largest absolute Gasteiger partial charge is 0.465 e. The van der Waals surface area contributed by atoms with Gasteiger partial charge >= 0.3 is 11.9 Å². The number of hydrogen-bond acceptors (Lipinski definition) is 6. The van der Waals surface area contributed by atoms with Gasteiger partial charge in [-0.15, -0.1) is 0 Å². The van der Waals surface area contributed by atoms with E-state index in [4.69, 9.17) is 9.47 Å². The third-order valence-corrected chi connectivity index (χ3v) is 3.93. The molecule has 0 heterocycles. The van der Waals surface area contributed by atoms with E-state index in [1.165, 1.54) is 0 Å². The first kappa shape index (κ1) is 27.1. The molecule has 1 saturated carbocycles. The third kappa shape index (κ3) is 12.3. The van der Waals surface area contributed by atoms with Gasteiger partial charge in [-0.25, -0.2) is 0 Å². The second kappa shape index (κ2) is 17.3. The number of aliphatic hydroxyl groups is 2. The van der Waals surface area contributed by atoms with Crippen molar-refractivity contribution in [3.05, 3.63) is 0 Å². The zero-order valence-corrected chi connectivity index (χ0v) is 17.5. The van der Waals surface area contributed by atoms with Crippen LogP contribution in [0.3, 0.4) is 0 Å². The van der Waals surface area contributed by atoms with E-state index >= 15 is 0 Å². The van der Waals surface area contributed by atoms with Crippen LogP contribution in [0.4, 0.5) is 0 Å². The van der Waals surface area contributed by atoms with Crippen molar-refractivity contribution >= 4 is 11.9 Å². The van der Waals surface area contributed by atoms with Gasteiger partial charge < -0.3 is 19.7 Å². The molecule has 1 fully saturated rings. The van der Waals surface area contributed by atoms with Crippen LogP contribution in [0.15, 0.2) is 0 Å². The first-order chi connectivity index (χ1) is 12.4. The molecule has 6 nitrogen and oxygen atoms in total. The maximum Gasteiger partial charge on any atom is 0.309 e. The summed E-state index contributed by atoms with van der Waals surface area (Å²) in [6, 6.07) is 0. The van der Waals surface area contributed by atoms with Crippen molar-refractivity contribution in [3.8, 4) is 0 Å². The molecule has 0 saturated heterocycles. The number of esters is 2. The number of aliphatic hydroxyl groups excluding tert-OH is 2. The zero-order chi connectivity index (χ0) is 20.5. The van der Waals surface area contributed by atoms with Gasteiger partial charge in [0.1, 0.15) is 0 Å². The lowest BCUT2D eigenvalue weighted by molar-refractivity contribution is -0.163. The Kier molecular flexibility index (Phi) is 18.0. The lowest BCUT2D eigenvalue weighted by atomic mass is 9.79. The van der Waals surface area contributed by atoms with Gasteiger partial charge in [0.2, 0.25) is 0 Å². The fourth-order valence-corrected chi connectivity index (χ4v) is 2.57. The van der Waals surface area contributed by atoms with Crippen molar-refractivity contribution in [1.29, 1.82) is 0 Å². The summed E-state index contributed by atoms with van der Waals surface area (Å²) in [7, 11) is 0. The molecule has 0 aliphatic heterocycles. The molecular weight excluding hydrogens is 336 g/mol. The Hall–Kier alpha value is -1.14. The monoisotopic (exact) mass is 376 g/mol. The summed E-state index contributed by atoms with van der Waals surface area (Å²) in [4.78, 5) is 24.2. The van der Waals surface area contributed by atoms with Gasteiger partial charge in [-0.05, 0) is 26.7 Å². The highest BCUT2D eigenvalue weighted by atomic mass is 16.5. The van der Waals surface area contributed by atoms with E-state index in [0.29, 0.717) is 25.7 Å². The molecular formula is C20H40O6. The molecule has 0 aromatic rings. The third-order valence-electron chi connectivity index (χ3n) is 3.93. The summed E-state index contributed by atoms with van der Waals surface area (Å²) < 4.78 is 10.3. The van der Waals surface area contributed by atoms with E-state index in [1.54, 1.807) is 13.8 Å². The van der Waals surface area contributed by atoms with Gasteiger partial charge in [0.25, 0.3) is 0 Å². The highest BCUT2D eigenvalue weighted by molar-refractivity contribution is 5.82. The zero-order valence-electron chi connectivity index (χ0n) is 17.5. The number of rotatable bonds is 8. The Morgan fingerprint density at radius 1 is 0.808 bits per heavy atom. The van der Waals surface area contributed by atoms with Crippen LogP contribution in [-0.2, 0) is 19.1 Å². The topological polar surface area (TPSA) is 93.1 Å². The molecule has 2 N–H and O–H groups in total. The Morgan fingerprint density at radius 2 is 1.12 bits per heavy atom. The van der Waals surface area contributed by atoms with Crippen LogP contribution >= 0.6 is 0 Å². The lowest BCUT2D eigenvalue weighted by Crippen LogP contribution is -2.35. The molecule has 6 heteroatoms. The second-order valence-corrected chi connectivity index (χ2v) is 6.11. The van der Waals surface area contributed by atoms with Crippen LogP contribution in [0.1, 0.15) is 80.1 Å². The van der Waals surface area contributed by atoms with Crippen LogP contribution in [0, 0.1) is 11.8 Å². The predicted molar refractivity (Wildman–Crippen MR) is 103 cm³/mol. The average Bonchev–Trinajstić information content (AvgIpc) is 2.64. The molecule has 1 rings (SSSR count). The van der Waals surface area contributed by atoms with Crippen LogP contribution in [0.25, 0.3) is 0 Å². The maximum atomic E-state index is 12.1. The second-order valence-electron chi connectivity index (χ2n) is 6.11. The first-order valence-electron chi connectivity index (χ1n) is 10.1. The maximum absolute atomic E-state index is 12.1. The van der Waals surface area contributed by atoms with Crippen molar-refractivity contribution in [2.75, 3.05) is 13.2 Å². The smallest absolute Gasteiger partial charge is 0.309 e. The van der Waals surface area contributed by atoms with Crippen molar-refractivity contribution in [3.63, 3.8) is 0 Å². The normalized spacial score (nSPS) is 21.1. The highest BCUT2D eigenvalue weighted by Crippen LogP contribution is 2.32. The van der Waals surface area contributed by atoms with Crippen LogP contribution in [-0.4, -0.2) is 47.6 Å². The molecule has 1 aliphatic rings. The van der Waals surface area contributed by atoms with Crippen LogP contribution < -0.4 is 0 Å². The Balaban J connectivity index is 0. The minimum absolute atomic E-state index is 0.163. The van der Waals surface area contributed by atoms with E-state index in [9.17, 15) is 19.8 Å². The minimum atomic E-state index is -0.514. The first-order valence-corrected chi connectivity index (χ1v) is 10.1. The summed E-state index contributed by atoms with van der Waals surface area (Å²) in [5.74, 6) is -1.67. The highest BCUT2D eigenvalue weighted by Gasteiger charge is 2.37. The Bertz CT molecular complexity index is 320. The fraction of sp³-hybridized carbons (Fsp3) is 0.900. The molecule has 0 bridgehead atoms. The fourth-order valence-electron chi connectivity index (χ4n) is 2.57. The van der Waals surface area contributed by atoms with E-state index in [1.807, 2.05) is 27.7 Å². The van der Waals surface area contributed by atoms with Crippen molar-refractivity contribution in [1.82, 2.24) is 0 Å². The minimum Gasteiger partial charge on any atom is -0.465 e. The lowest BCUT2D eigenvalue weighted by Gasteiger charge is -2.28. The summed E-state index contributed by atoms with van der Waals surface area (Å²) >= 11 is 0. The molecule has 0 aromatic heterocycles. The number of ether oxygens (including phenoxy) is 2. The van der Waals surface area contributed by atoms with Crippen LogP contribution in [0.5, 0.6) is 0 Å². The molecule has 0 aromatic carbocycles. The predicted octanol–water partition coefficient (Wildman–Crippen LogP) is 3.47. The van der Waals surface area contributed by atoms with Gasteiger partial charge in [-0.3, -0.25) is 9.59 Å². The average molecular weight is 377 g/mol. The standard InChI is InChI=1S/C16H28O6.2C2H6/c1-11(17)7-9-21-15(19)13-5-3-4-6-14(13)16(20)22-10-8-12(2)18;2*1-2/h11-14,17-18H,3-10H2,1-2H3;2*1-2H3. The molecule has 26 heavy (non-hydrogen) atoms. The molecule has 156 valence electrons. The van der Waals surface area contributed by atoms with E-state index in [-0.39, 0.29) is 25.2 Å². The number of hydrogen-bond donors (Lipinski definition) is 2. The van der Waals surface area contributed by atoms with Gasteiger partial charge in [0.15, 0.2) is 0 Å². The summed E-state index contributed by atoms with van der Waals surface area (Å²) in [6.45, 7) is 11.6. The molecule has 0 radical (unpaired) electrons. The molecule has 4 unspecified atom stereocenters. The number of carbonyl (C=O) groups excluding carboxylic acids is 2. The summed E-state index contributed by atoms with van der Waals surface area (Å²) in [5, 5.41) is 18.3. The summed E-state index contributed by atoms with van der Waals surface area (Å²) in [5.41, 5.74) is 0. The molecule has 0 amide bonds. The molecule has 1 aliphatic carbocycles. The van der Waals surface area contributed by atoms with E-state index < -0.39 is 24.0 Å². The van der Waals surface area contributed by atoms with E-state index in [2.05, 4.69) is 0 Å². The van der Waals surface area contributed by atoms with Gasteiger partial charge in [0.05, 0.1) is 37.3 Å². The van der Waals surface area contributed by atoms with Gasteiger partial charge in [-0.1, -0.05) is 40.5 Å². The number of carbonyl (C=O) groups is 2. The molecule has 0 spiro atoms. The quantitative estimate of drug-likeness (QED) is 0.630. The van der Waals surface area contributed by atoms with Crippen molar-refractivity contribution in [2.24, 2.45) is 11.8 Å². The Labute approximate surface area is 159 Å².